The summed E-state index contributed by atoms with van der Waals surface area (Å²) in [6.07, 6.45) is 4.77. The fourth-order valence-electron chi connectivity index (χ4n) is 3.10. The summed E-state index contributed by atoms with van der Waals surface area (Å²) in [5.41, 5.74) is 0. The summed E-state index contributed by atoms with van der Waals surface area (Å²) in [7, 11) is 0. The third kappa shape index (κ3) is 5.68. The standard InChI is InChI=1S/C17H30O4/c1-6-13-8-7-9-14(10-13)15(16(18)20-11(2)3)17(19)21-12(4)5/h11-15H,6-10H2,1-5H3. The lowest BCUT2D eigenvalue weighted by molar-refractivity contribution is -0.170. The fourth-order valence-corrected chi connectivity index (χ4v) is 3.10. The Morgan fingerprint density at radius 2 is 1.52 bits per heavy atom. The summed E-state index contributed by atoms with van der Waals surface area (Å²) < 4.78 is 10.6. The summed E-state index contributed by atoms with van der Waals surface area (Å²) in [6.45, 7) is 9.38. The monoisotopic (exact) mass is 298 g/mol. The van der Waals surface area contributed by atoms with Crippen LogP contribution in [0.25, 0.3) is 0 Å². The third-order valence-electron chi connectivity index (χ3n) is 4.08. The molecule has 1 aliphatic rings. The molecule has 1 rings (SSSR count). The predicted octanol–water partition coefficient (Wildman–Crippen LogP) is 3.72. The Labute approximate surface area is 128 Å². The van der Waals surface area contributed by atoms with Crippen molar-refractivity contribution in [2.24, 2.45) is 17.8 Å². The molecule has 0 aromatic rings. The Balaban J connectivity index is 2.84. The number of esters is 2. The Kier molecular flexibility index (Phi) is 7.20. The average Bonchev–Trinajstić information content (AvgIpc) is 2.37. The van der Waals surface area contributed by atoms with E-state index in [0.29, 0.717) is 5.92 Å². The minimum Gasteiger partial charge on any atom is -0.462 e. The maximum absolute atomic E-state index is 12.3. The predicted molar refractivity (Wildman–Crippen MR) is 81.7 cm³/mol. The summed E-state index contributed by atoms with van der Waals surface area (Å²) in [5, 5.41) is 0. The lowest BCUT2D eigenvalue weighted by Crippen LogP contribution is -2.38. The van der Waals surface area contributed by atoms with Crippen LogP contribution in [0.1, 0.15) is 66.7 Å². The number of rotatable bonds is 6. The van der Waals surface area contributed by atoms with E-state index < -0.39 is 17.9 Å². The van der Waals surface area contributed by atoms with Crippen LogP contribution in [0.15, 0.2) is 0 Å². The van der Waals surface area contributed by atoms with Crippen LogP contribution >= 0.6 is 0 Å². The van der Waals surface area contributed by atoms with Crippen LogP contribution in [-0.2, 0) is 19.1 Å². The van der Waals surface area contributed by atoms with E-state index in [-0.39, 0.29) is 18.1 Å². The van der Waals surface area contributed by atoms with E-state index in [1.807, 2.05) is 0 Å². The molecule has 0 N–H and O–H groups in total. The quantitative estimate of drug-likeness (QED) is 0.554. The first-order valence-corrected chi connectivity index (χ1v) is 8.26. The molecule has 1 saturated carbocycles. The molecule has 0 aromatic carbocycles. The number of hydrogen-bond donors (Lipinski definition) is 0. The molecule has 122 valence electrons. The van der Waals surface area contributed by atoms with E-state index >= 15 is 0 Å². The highest BCUT2D eigenvalue weighted by Crippen LogP contribution is 2.36. The van der Waals surface area contributed by atoms with Crippen molar-refractivity contribution in [3.05, 3.63) is 0 Å². The highest BCUT2D eigenvalue weighted by molar-refractivity contribution is 5.95. The van der Waals surface area contributed by atoms with Crippen molar-refractivity contribution in [3.63, 3.8) is 0 Å². The molecule has 0 aromatic heterocycles. The van der Waals surface area contributed by atoms with Gasteiger partial charge in [-0.2, -0.15) is 0 Å². The zero-order chi connectivity index (χ0) is 16.0. The second-order valence-corrected chi connectivity index (χ2v) is 6.65. The second kappa shape index (κ2) is 8.40. The van der Waals surface area contributed by atoms with Gasteiger partial charge in [-0.15, -0.1) is 0 Å². The molecule has 4 heteroatoms. The molecule has 4 nitrogen and oxygen atoms in total. The van der Waals surface area contributed by atoms with Crippen molar-refractivity contribution in [3.8, 4) is 0 Å². The Bertz CT molecular complexity index is 327. The van der Waals surface area contributed by atoms with Crippen LogP contribution in [0.5, 0.6) is 0 Å². The number of carbonyl (C=O) groups excluding carboxylic acids is 2. The highest BCUT2D eigenvalue weighted by atomic mass is 16.6. The van der Waals surface area contributed by atoms with Crippen LogP contribution < -0.4 is 0 Å². The van der Waals surface area contributed by atoms with Crippen LogP contribution in [0.4, 0.5) is 0 Å². The fraction of sp³-hybridized carbons (Fsp3) is 0.882. The van der Waals surface area contributed by atoms with Crippen LogP contribution in [-0.4, -0.2) is 24.1 Å². The van der Waals surface area contributed by atoms with Crippen LogP contribution in [0.3, 0.4) is 0 Å². The van der Waals surface area contributed by atoms with Crippen LogP contribution in [0, 0.1) is 17.8 Å². The summed E-state index contributed by atoms with van der Waals surface area (Å²) in [6, 6.07) is 0. The SMILES string of the molecule is CCC1CCCC(C(C(=O)OC(C)C)C(=O)OC(C)C)C1. The lowest BCUT2D eigenvalue weighted by atomic mass is 9.74. The summed E-state index contributed by atoms with van der Waals surface area (Å²) in [5.74, 6) is -0.940. The molecule has 0 bridgehead atoms. The van der Waals surface area contributed by atoms with Gasteiger partial charge in [0.1, 0.15) is 0 Å². The molecular weight excluding hydrogens is 268 g/mol. The van der Waals surface area contributed by atoms with E-state index in [0.717, 1.165) is 25.7 Å². The molecule has 0 radical (unpaired) electrons. The molecule has 2 unspecified atom stereocenters. The summed E-state index contributed by atoms with van der Waals surface area (Å²) in [4.78, 5) is 24.7. The van der Waals surface area contributed by atoms with Crippen molar-refractivity contribution in [2.75, 3.05) is 0 Å². The van der Waals surface area contributed by atoms with Crippen molar-refractivity contribution >= 4 is 11.9 Å². The first kappa shape index (κ1) is 18.0. The van der Waals surface area contributed by atoms with Gasteiger partial charge in [0.15, 0.2) is 5.92 Å². The molecule has 1 fully saturated rings. The van der Waals surface area contributed by atoms with E-state index in [1.165, 1.54) is 6.42 Å². The maximum atomic E-state index is 12.3. The number of ether oxygens (including phenoxy) is 2. The van der Waals surface area contributed by atoms with E-state index in [4.69, 9.17) is 9.47 Å². The van der Waals surface area contributed by atoms with Crippen molar-refractivity contribution in [1.82, 2.24) is 0 Å². The minimum atomic E-state index is -0.760. The smallest absolute Gasteiger partial charge is 0.320 e. The van der Waals surface area contributed by atoms with Gasteiger partial charge in [-0.3, -0.25) is 9.59 Å². The topological polar surface area (TPSA) is 52.6 Å². The second-order valence-electron chi connectivity index (χ2n) is 6.65. The molecule has 0 heterocycles. The van der Waals surface area contributed by atoms with Gasteiger partial charge in [-0.05, 0) is 52.4 Å². The van der Waals surface area contributed by atoms with E-state index in [9.17, 15) is 9.59 Å². The highest BCUT2D eigenvalue weighted by Gasteiger charge is 2.40. The summed E-state index contributed by atoms with van der Waals surface area (Å²) >= 11 is 0. The van der Waals surface area contributed by atoms with E-state index in [2.05, 4.69) is 6.92 Å². The minimum absolute atomic E-state index is 0.0567. The first-order valence-electron chi connectivity index (χ1n) is 8.26. The molecule has 0 saturated heterocycles. The van der Waals surface area contributed by atoms with Crippen molar-refractivity contribution in [1.29, 1.82) is 0 Å². The number of carbonyl (C=O) groups is 2. The Hall–Kier alpha value is -1.06. The van der Waals surface area contributed by atoms with Crippen LogP contribution in [0.2, 0.25) is 0 Å². The first-order chi connectivity index (χ1) is 9.85. The molecule has 0 aliphatic heterocycles. The molecule has 0 spiro atoms. The van der Waals surface area contributed by atoms with Gasteiger partial charge in [0.2, 0.25) is 0 Å². The molecule has 1 aliphatic carbocycles. The number of hydrogen-bond acceptors (Lipinski definition) is 4. The van der Waals surface area contributed by atoms with Gasteiger partial charge < -0.3 is 9.47 Å². The zero-order valence-electron chi connectivity index (χ0n) is 14.1. The van der Waals surface area contributed by atoms with Gasteiger partial charge in [-0.1, -0.05) is 26.2 Å². The largest absolute Gasteiger partial charge is 0.462 e. The molecule has 21 heavy (non-hydrogen) atoms. The van der Waals surface area contributed by atoms with Crippen molar-refractivity contribution < 1.29 is 19.1 Å². The Morgan fingerprint density at radius 3 is 1.95 bits per heavy atom. The van der Waals surface area contributed by atoms with Gasteiger partial charge in [0.25, 0.3) is 0 Å². The molecule has 0 amide bonds. The van der Waals surface area contributed by atoms with Gasteiger partial charge >= 0.3 is 11.9 Å². The van der Waals surface area contributed by atoms with Gasteiger partial charge in [-0.25, -0.2) is 0 Å². The third-order valence-corrected chi connectivity index (χ3v) is 4.08. The van der Waals surface area contributed by atoms with E-state index in [1.54, 1.807) is 27.7 Å². The lowest BCUT2D eigenvalue weighted by Gasteiger charge is -2.32. The average molecular weight is 298 g/mol. The molecule has 2 atom stereocenters. The van der Waals surface area contributed by atoms with Gasteiger partial charge in [0, 0.05) is 0 Å². The Morgan fingerprint density at radius 1 is 1.00 bits per heavy atom. The van der Waals surface area contributed by atoms with Gasteiger partial charge in [0.05, 0.1) is 12.2 Å². The van der Waals surface area contributed by atoms with Crippen molar-refractivity contribution in [2.45, 2.75) is 78.9 Å². The maximum Gasteiger partial charge on any atom is 0.320 e. The molecular formula is C17H30O4. The normalized spacial score (nSPS) is 22.7. The zero-order valence-corrected chi connectivity index (χ0v) is 14.1.